The molecule has 5 rings (SSSR count). The van der Waals surface area contributed by atoms with Crippen LogP contribution in [0, 0.1) is 11.6 Å². The van der Waals surface area contributed by atoms with E-state index >= 15 is 4.39 Å². The summed E-state index contributed by atoms with van der Waals surface area (Å²) in [5.74, 6) is -2.03. The predicted octanol–water partition coefficient (Wildman–Crippen LogP) is 4.49. The summed E-state index contributed by atoms with van der Waals surface area (Å²) in [5, 5.41) is 0.526. The number of nitrogens with one attached hydrogen (secondary N) is 1. The molecule has 1 unspecified atom stereocenters. The zero-order chi connectivity index (χ0) is 22.6. The highest BCUT2D eigenvalue weighted by Crippen LogP contribution is 2.39. The fourth-order valence-corrected chi connectivity index (χ4v) is 4.81. The van der Waals surface area contributed by atoms with E-state index in [4.69, 9.17) is 4.74 Å². The summed E-state index contributed by atoms with van der Waals surface area (Å²) in [6.45, 7) is 0.984. The molecule has 1 aliphatic heterocycles. The molecule has 5 nitrogen and oxygen atoms in total. The average Bonchev–Trinajstić information content (AvgIpc) is 3.49. The maximum absolute atomic E-state index is 15.1. The number of nitrogens with zero attached hydrogens (tertiary/aromatic N) is 2. The van der Waals surface area contributed by atoms with Crippen molar-refractivity contribution >= 4 is 22.0 Å². The number of hydrogen-bond acceptors (Lipinski definition) is 3. The van der Waals surface area contributed by atoms with Crippen LogP contribution in [0.1, 0.15) is 30.0 Å². The zero-order valence-corrected chi connectivity index (χ0v) is 17.4. The van der Waals surface area contributed by atoms with Crippen LogP contribution in [0.15, 0.2) is 30.5 Å². The van der Waals surface area contributed by atoms with Crippen molar-refractivity contribution in [2.75, 3.05) is 13.2 Å². The van der Waals surface area contributed by atoms with E-state index in [-0.39, 0.29) is 17.8 Å². The van der Waals surface area contributed by atoms with Crippen molar-refractivity contribution in [1.82, 2.24) is 14.3 Å². The Morgan fingerprint density at radius 1 is 1.19 bits per heavy atom. The van der Waals surface area contributed by atoms with Gasteiger partial charge in [-0.2, -0.15) is 13.2 Å². The predicted molar refractivity (Wildman–Crippen MR) is 108 cm³/mol. The molecule has 0 spiro atoms. The van der Waals surface area contributed by atoms with Crippen molar-refractivity contribution in [1.29, 1.82) is 0 Å². The molecule has 0 radical (unpaired) electrons. The van der Waals surface area contributed by atoms with Crippen LogP contribution in [0.5, 0.6) is 0 Å². The third-order valence-corrected chi connectivity index (χ3v) is 7.14. The molecule has 11 heteroatoms. The first kappa shape index (κ1) is 21.5. The fourth-order valence-electron chi connectivity index (χ4n) is 3.71. The summed E-state index contributed by atoms with van der Waals surface area (Å²) in [4.78, 5) is 4.25. The second kappa shape index (κ2) is 7.89. The maximum Gasteiger partial charge on any atom is 0.417 e. The fraction of sp³-hybridized carbons (Fsp3) is 0.381. The van der Waals surface area contributed by atoms with Crippen LogP contribution in [-0.4, -0.2) is 32.2 Å². The van der Waals surface area contributed by atoms with Gasteiger partial charge >= 0.3 is 6.18 Å². The standard InChI is InChI=1S/C21H18F5N3O2S/c22-12-1-4-15(17(5-12)21(24,25)26)19-18(23)6-16-11(7-27-32(30)14-2-3-14)8-29(20(16)28-19)13-9-31-10-13/h1,4-6,8,13-14,27H,2-3,7,9-10H2. The minimum Gasteiger partial charge on any atom is -0.377 e. The maximum atomic E-state index is 15.1. The molecule has 1 saturated carbocycles. The molecule has 32 heavy (non-hydrogen) atoms. The molecule has 0 amide bonds. The van der Waals surface area contributed by atoms with Gasteiger partial charge in [0.25, 0.3) is 0 Å². The number of benzene rings is 1. The normalized spacial score (nSPS) is 18.2. The number of fused-ring (bicyclic) bond motifs is 1. The van der Waals surface area contributed by atoms with Gasteiger partial charge in [0.15, 0.2) is 0 Å². The minimum atomic E-state index is -4.88. The van der Waals surface area contributed by atoms with Gasteiger partial charge in [-0.1, -0.05) is 0 Å². The molecular formula is C21H18F5N3O2S. The second-order valence-corrected chi connectivity index (χ2v) is 9.50. The van der Waals surface area contributed by atoms with Gasteiger partial charge in [-0.15, -0.1) is 0 Å². The Bertz CT molecular complexity index is 1220. The van der Waals surface area contributed by atoms with E-state index in [0.717, 1.165) is 31.0 Å². The summed E-state index contributed by atoms with van der Waals surface area (Å²) in [6, 6.07) is 3.10. The van der Waals surface area contributed by atoms with Crippen molar-refractivity contribution in [3.63, 3.8) is 0 Å². The smallest absolute Gasteiger partial charge is 0.377 e. The number of aromatic nitrogens is 2. The van der Waals surface area contributed by atoms with E-state index in [1.54, 1.807) is 10.8 Å². The Kier molecular flexibility index (Phi) is 5.30. The Morgan fingerprint density at radius 2 is 1.94 bits per heavy atom. The van der Waals surface area contributed by atoms with Gasteiger partial charge in [0.05, 0.1) is 35.8 Å². The monoisotopic (exact) mass is 471 g/mol. The first-order valence-corrected chi connectivity index (χ1v) is 11.2. The van der Waals surface area contributed by atoms with Gasteiger partial charge in [-0.25, -0.2) is 22.7 Å². The molecule has 3 heterocycles. The van der Waals surface area contributed by atoms with Crippen molar-refractivity contribution in [2.24, 2.45) is 0 Å². The number of pyridine rings is 1. The molecule has 2 aromatic heterocycles. The van der Waals surface area contributed by atoms with Crippen LogP contribution in [0.3, 0.4) is 0 Å². The van der Waals surface area contributed by atoms with E-state index in [1.165, 1.54) is 0 Å². The van der Waals surface area contributed by atoms with E-state index in [2.05, 4.69) is 9.71 Å². The SMILES string of the molecule is O=S(NCc1cn(C2COC2)c2nc(-c3ccc(F)cc3C(F)(F)F)c(F)cc12)C1CC1. The number of ether oxygens (including phenoxy) is 1. The first-order valence-electron chi connectivity index (χ1n) is 10.0. The van der Waals surface area contributed by atoms with Gasteiger partial charge in [-0.05, 0) is 42.7 Å². The van der Waals surface area contributed by atoms with Crippen molar-refractivity contribution in [3.8, 4) is 11.3 Å². The molecule has 3 aromatic rings. The van der Waals surface area contributed by atoms with E-state index in [9.17, 15) is 21.8 Å². The van der Waals surface area contributed by atoms with E-state index < -0.39 is 45.6 Å². The lowest BCUT2D eigenvalue weighted by molar-refractivity contribution is -0.137. The van der Waals surface area contributed by atoms with Crippen molar-refractivity contribution < 1.29 is 30.9 Å². The lowest BCUT2D eigenvalue weighted by Crippen LogP contribution is -2.30. The lowest BCUT2D eigenvalue weighted by atomic mass is 10.0. The van der Waals surface area contributed by atoms with Gasteiger partial charge in [0.1, 0.15) is 23.0 Å². The topological polar surface area (TPSA) is 56.2 Å². The molecule has 1 atom stereocenters. The highest BCUT2D eigenvalue weighted by atomic mass is 32.2. The number of alkyl halides is 3. The Balaban J connectivity index is 1.62. The molecule has 2 aliphatic rings. The second-order valence-electron chi connectivity index (χ2n) is 7.95. The molecule has 1 saturated heterocycles. The van der Waals surface area contributed by atoms with Gasteiger partial charge < -0.3 is 9.30 Å². The molecule has 2 fully saturated rings. The highest BCUT2D eigenvalue weighted by Gasteiger charge is 2.36. The van der Waals surface area contributed by atoms with E-state index in [0.29, 0.717) is 35.9 Å². The Hall–Kier alpha value is -2.37. The van der Waals surface area contributed by atoms with E-state index in [1.807, 2.05) is 0 Å². The van der Waals surface area contributed by atoms with Crippen LogP contribution < -0.4 is 4.72 Å². The molecular weight excluding hydrogens is 453 g/mol. The average molecular weight is 471 g/mol. The largest absolute Gasteiger partial charge is 0.417 e. The van der Waals surface area contributed by atoms with Gasteiger partial charge in [0.2, 0.25) is 0 Å². The quantitative estimate of drug-likeness (QED) is 0.539. The summed E-state index contributed by atoms with van der Waals surface area (Å²) >= 11 is 0. The van der Waals surface area contributed by atoms with Crippen LogP contribution >= 0.6 is 0 Å². The minimum absolute atomic E-state index is 0.0960. The number of rotatable bonds is 6. The Labute approximate surface area is 182 Å². The molecule has 1 N–H and O–H groups in total. The molecule has 1 aliphatic carbocycles. The van der Waals surface area contributed by atoms with Crippen LogP contribution in [-0.2, 0) is 28.4 Å². The van der Waals surface area contributed by atoms with Crippen LogP contribution in [0.2, 0.25) is 0 Å². The first-order chi connectivity index (χ1) is 15.2. The number of halogens is 5. The highest BCUT2D eigenvalue weighted by molar-refractivity contribution is 7.83. The summed E-state index contributed by atoms with van der Waals surface area (Å²) in [6.07, 6.45) is -1.37. The van der Waals surface area contributed by atoms with Crippen LogP contribution in [0.4, 0.5) is 22.0 Å². The molecule has 170 valence electrons. The summed E-state index contributed by atoms with van der Waals surface area (Å²) in [5.41, 5.74) is -1.42. The van der Waals surface area contributed by atoms with Crippen molar-refractivity contribution in [2.45, 2.75) is 36.9 Å². The van der Waals surface area contributed by atoms with Crippen molar-refractivity contribution in [3.05, 3.63) is 53.2 Å². The van der Waals surface area contributed by atoms with Gasteiger partial charge in [0, 0.05) is 28.9 Å². The molecule has 0 bridgehead atoms. The van der Waals surface area contributed by atoms with Crippen LogP contribution in [0.25, 0.3) is 22.3 Å². The molecule has 1 aromatic carbocycles. The summed E-state index contributed by atoms with van der Waals surface area (Å²) in [7, 11) is -1.21. The Morgan fingerprint density at radius 3 is 2.56 bits per heavy atom. The third kappa shape index (κ3) is 3.93. The lowest BCUT2D eigenvalue weighted by Gasteiger charge is -2.28. The van der Waals surface area contributed by atoms with Gasteiger partial charge in [-0.3, -0.25) is 0 Å². The number of hydrogen-bond donors (Lipinski definition) is 1. The summed E-state index contributed by atoms with van der Waals surface area (Å²) < 4.78 is 91.1. The third-order valence-electron chi connectivity index (χ3n) is 5.63. The zero-order valence-electron chi connectivity index (χ0n) is 16.6.